The van der Waals surface area contributed by atoms with E-state index in [1.165, 1.54) is 10.9 Å². The van der Waals surface area contributed by atoms with Gasteiger partial charge in [-0.25, -0.2) is 4.68 Å². The van der Waals surface area contributed by atoms with E-state index in [1.807, 2.05) is 32.2 Å². The van der Waals surface area contributed by atoms with Crippen LogP contribution in [0.1, 0.15) is 30.6 Å². The molecule has 0 aliphatic rings. The minimum atomic E-state index is -4.42. The van der Waals surface area contributed by atoms with Gasteiger partial charge in [0.25, 0.3) is 0 Å². The molecule has 3 nitrogen and oxygen atoms in total. The van der Waals surface area contributed by atoms with Crippen molar-refractivity contribution in [2.24, 2.45) is 0 Å². The SMILES string of the molecule is CCC(NC)c1cccc(-n2ccc(C(F)(F)F)n2)c1. The molecule has 2 rings (SSSR count). The topological polar surface area (TPSA) is 29.9 Å². The molecular weight excluding hydrogens is 267 g/mol. The second-order valence-corrected chi connectivity index (χ2v) is 4.49. The summed E-state index contributed by atoms with van der Waals surface area (Å²) in [6.07, 6.45) is -2.20. The second kappa shape index (κ2) is 5.66. The smallest absolute Gasteiger partial charge is 0.313 e. The normalized spacial score (nSPS) is 13.4. The van der Waals surface area contributed by atoms with E-state index in [-0.39, 0.29) is 6.04 Å². The van der Waals surface area contributed by atoms with Crippen molar-refractivity contribution in [2.45, 2.75) is 25.6 Å². The lowest BCUT2D eigenvalue weighted by Crippen LogP contribution is -2.15. The highest BCUT2D eigenvalue weighted by molar-refractivity contribution is 5.36. The lowest BCUT2D eigenvalue weighted by Gasteiger charge is -2.15. The fraction of sp³-hybridized carbons (Fsp3) is 0.357. The third-order valence-corrected chi connectivity index (χ3v) is 3.17. The van der Waals surface area contributed by atoms with Crippen LogP contribution < -0.4 is 5.32 Å². The maximum absolute atomic E-state index is 12.5. The van der Waals surface area contributed by atoms with Crippen molar-refractivity contribution in [1.82, 2.24) is 15.1 Å². The summed E-state index contributed by atoms with van der Waals surface area (Å²) in [5.41, 5.74) is 0.756. The van der Waals surface area contributed by atoms with E-state index in [0.717, 1.165) is 18.1 Å². The molecule has 2 aromatic rings. The van der Waals surface area contributed by atoms with Crippen molar-refractivity contribution in [3.8, 4) is 5.69 Å². The number of hydrogen-bond donors (Lipinski definition) is 1. The number of aromatic nitrogens is 2. The van der Waals surface area contributed by atoms with Crippen LogP contribution in [0.4, 0.5) is 13.2 Å². The number of hydrogen-bond acceptors (Lipinski definition) is 2. The van der Waals surface area contributed by atoms with Crippen molar-refractivity contribution in [1.29, 1.82) is 0 Å². The first-order valence-corrected chi connectivity index (χ1v) is 6.36. The highest BCUT2D eigenvalue weighted by Crippen LogP contribution is 2.28. The van der Waals surface area contributed by atoms with E-state index in [4.69, 9.17) is 0 Å². The summed E-state index contributed by atoms with van der Waals surface area (Å²) < 4.78 is 38.9. The van der Waals surface area contributed by atoms with E-state index < -0.39 is 11.9 Å². The van der Waals surface area contributed by atoms with Gasteiger partial charge in [0, 0.05) is 12.2 Å². The van der Waals surface area contributed by atoms with Gasteiger partial charge >= 0.3 is 6.18 Å². The molecule has 0 aliphatic carbocycles. The van der Waals surface area contributed by atoms with Gasteiger partial charge in [-0.1, -0.05) is 19.1 Å². The molecule has 1 aromatic carbocycles. The molecule has 0 fully saturated rings. The van der Waals surface area contributed by atoms with Crippen LogP contribution in [0.3, 0.4) is 0 Å². The maximum Gasteiger partial charge on any atom is 0.435 e. The van der Waals surface area contributed by atoms with Crippen LogP contribution in [0.2, 0.25) is 0 Å². The number of nitrogens with zero attached hydrogens (tertiary/aromatic N) is 2. The van der Waals surface area contributed by atoms with Crippen LogP contribution in [0, 0.1) is 0 Å². The summed E-state index contributed by atoms with van der Waals surface area (Å²) in [6, 6.07) is 8.49. The Morgan fingerprint density at radius 2 is 2.05 bits per heavy atom. The molecule has 0 amide bonds. The minimum Gasteiger partial charge on any atom is -0.313 e. The van der Waals surface area contributed by atoms with Gasteiger partial charge in [0.15, 0.2) is 5.69 Å². The predicted octanol–water partition coefficient (Wildman–Crippen LogP) is 3.56. The molecule has 20 heavy (non-hydrogen) atoms. The van der Waals surface area contributed by atoms with Crippen LogP contribution in [-0.2, 0) is 6.18 Å². The Balaban J connectivity index is 2.34. The van der Waals surface area contributed by atoms with Gasteiger partial charge in [0.1, 0.15) is 0 Å². The first kappa shape index (κ1) is 14.6. The summed E-state index contributed by atoms with van der Waals surface area (Å²) >= 11 is 0. The highest BCUT2D eigenvalue weighted by Gasteiger charge is 2.33. The fourth-order valence-corrected chi connectivity index (χ4v) is 2.11. The third-order valence-electron chi connectivity index (χ3n) is 3.17. The molecule has 1 aromatic heterocycles. The average Bonchev–Trinajstić information content (AvgIpc) is 2.90. The molecule has 6 heteroatoms. The molecule has 0 saturated heterocycles. The van der Waals surface area contributed by atoms with Crippen LogP contribution in [-0.4, -0.2) is 16.8 Å². The molecular formula is C14H16F3N3. The number of rotatable bonds is 4. The largest absolute Gasteiger partial charge is 0.435 e. The zero-order valence-corrected chi connectivity index (χ0v) is 11.3. The van der Waals surface area contributed by atoms with Crippen molar-refractivity contribution < 1.29 is 13.2 Å². The summed E-state index contributed by atoms with van der Waals surface area (Å²) in [7, 11) is 1.86. The van der Waals surface area contributed by atoms with Crippen molar-refractivity contribution >= 4 is 0 Å². The van der Waals surface area contributed by atoms with E-state index in [1.54, 1.807) is 6.07 Å². The first-order valence-electron chi connectivity index (χ1n) is 6.36. The molecule has 1 atom stereocenters. The van der Waals surface area contributed by atoms with Crippen molar-refractivity contribution in [3.05, 3.63) is 47.8 Å². The predicted molar refractivity (Wildman–Crippen MR) is 70.7 cm³/mol. The number of halogens is 3. The summed E-state index contributed by atoms with van der Waals surface area (Å²) in [5.74, 6) is 0. The first-order chi connectivity index (χ1) is 9.45. The molecule has 0 aliphatic heterocycles. The standard InChI is InChI=1S/C14H16F3N3/c1-3-12(18-2)10-5-4-6-11(9-10)20-8-7-13(19-20)14(15,16)17/h4-9,12,18H,3H2,1-2H3. The second-order valence-electron chi connectivity index (χ2n) is 4.49. The Hall–Kier alpha value is -1.82. The maximum atomic E-state index is 12.5. The Morgan fingerprint density at radius 1 is 1.30 bits per heavy atom. The average molecular weight is 283 g/mol. The van der Waals surface area contributed by atoms with Gasteiger partial charge in [0.05, 0.1) is 5.69 Å². The third kappa shape index (κ3) is 3.01. The highest BCUT2D eigenvalue weighted by atomic mass is 19.4. The summed E-state index contributed by atoms with van der Waals surface area (Å²) in [5, 5.41) is 6.74. The number of nitrogens with one attached hydrogen (secondary N) is 1. The van der Waals surface area contributed by atoms with Crippen LogP contribution in [0.15, 0.2) is 36.5 Å². The molecule has 0 radical (unpaired) electrons. The summed E-state index contributed by atoms with van der Waals surface area (Å²) in [4.78, 5) is 0. The number of alkyl halides is 3. The van der Waals surface area contributed by atoms with Gasteiger partial charge in [-0.3, -0.25) is 0 Å². The minimum absolute atomic E-state index is 0.174. The molecule has 0 saturated carbocycles. The van der Waals surface area contributed by atoms with Crippen molar-refractivity contribution in [2.75, 3.05) is 7.05 Å². The van der Waals surface area contributed by atoms with E-state index >= 15 is 0 Å². The van der Waals surface area contributed by atoms with Gasteiger partial charge in [-0.2, -0.15) is 18.3 Å². The van der Waals surface area contributed by atoms with Crippen molar-refractivity contribution in [3.63, 3.8) is 0 Å². The Labute approximate surface area is 115 Å². The van der Waals surface area contributed by atoms with Gasteiger partial charge in [0.2, 0.25) is 0 Å². The monoisotopic (exact) mass is 283 g/mol. The molecule has 0 bridgehead atoms. The van der Waals surface area contributed by atoms with E-state index in [9.17, 15) is 13.2 Å². The van der Waals surface area contributed by atoms with E-state index in [2.05, 4.69) is 10.4 Å². The quantitative estimate of drug-likeness (QED) is 0.929. The molecule has 108 valence electrons. The van der Waals surface area contributed by atoms with Crippen LogP contribution in [0.5, 0.6) is 0 Å². The van der Waals surface area contributed by atoms with Gasteiger partial charge in [-0.05, 0) is 37.2 Å². The lowest BCUT2D eigenvalue weighted by molar-refractivity contribution is -0.141. The molecule has 1 unspecified atom stereocenters. The van der Waals surface area contributed by atoms with E-state index in [0.29, 0.717) is 5.69 Å². The lowest BCUT2D eigenvalue weighted by atomic mass is 10.0. The summed E-state index contributed by atoms with van der Waals surface area (Å²) in [6.45, 7) is 2.05. The molecule has 1 N–H and O–H groups in total. The number of benzene rings is 1. The zero-order valence-electron chi connectivity index (χ0n) is 11.3. The zero-order chi connectivity index (χ0) is 14.8. The Bertz CT molecular complexity index is 571. The van der Waals surface area contributed by atoms with Gasteiger partial charge in [-0.15, -0.1) is 0 Å². The Kier molecular flexibility index (Phi) is 4.13. The van der Waals surface area contributed by atoms with Crippen LogP contribution >= 0.6 is 0 Å². The fourth-order valence-electron chi connectivity index (χ4n) is 2.11. The van der Waals surface area contributed by atoms with Gasteiger partial charge < -0.3 is 5.32 Å². The Morgan fingerprint density at radius 3 is 2.60 bits per heavy atom. The molecule has 1 heterocycles. The van der Waals surface area contributed by atoms with Crippen LogP contribution in [0.25, 0.3) is 5.69 Å². The molecule has 0 spiro atoms.